The van der Waals surface area contributed by atoms with Crippen molar-refractivity contribution in [2.75, 3.05) is 24.5 Å². The molecule has 4 heterocycles. The van der Waals surface area contributed by atoms with Crippen molar-refractivity contribution in [3.63, 3.8) is 0 Å². The molecular weight excluding hydrogens is 304 g/mol. The van der Waals surface area contributed by atoms with Crippen molar-refractivity contribution in [1.29, 1.82) is 0 Å². The molecular formula is C18H18N4O2. The van der Waals surface area contributed by atoms with E-state index in [0.717, 1.165) is 12.1 Å². The van der Waals surface area contributed by atoms with Crippen LogP contribution in [0.4, 0.5) is 5.69 Å². The van der Waals surface area contributed by atoms with Gasteiger partial charge in [0.15, 0.2) is 0 Å². The summed E-state index contributed by atoms with van der Waals surface area (Å²) in [5.41, 5.74) is 0.953. The van der Waals surface area contributed by atoms with Crippen LogP contribution in [-0.4, -0.2) is 46.3 Å². The molecule has 2 fully saturated rings. The van der Waals surface area contributed by atoms with Crippen LogP contribution < -0.4 is 4.90 Å². The Labute approximate surface area is 140 Å². The minimum absolute atomic E-state index is 0.0485. The lowest BCUT2D eigenvalue weighted by Gasteiger charge is -2.23. The summed E-state index contributed by atoms with van der Waals surface area (Å²) in [5.74, 6) is 0.0598. The first kappa shape index (κ1) is 14.8. The van der Waals surface area contributed by atoms with Crippen LogP contribution in [0, 0.1) is 5.41 Å². The van der Waals surface area contributed by atoms with Crippen LogP contribution in [0.1, 0.15) is 23.2 Å². The van der Waals surface area contributed by atoms with E-state index in [0.29, 0.717) is 31.6 Å². The summed E-state index contributed by atoms with van der Waals surface area (Å²) in [5, 5.41) is 0. The van der Waals surface area contributed by atoms with Crippen molar-refractivity contribution in [3.05, 3.63) is 54.6 Å². The monoisotopic (exact) mass is 322 g/mol. The molecule has 0 unspecified atom stereocenters. The number of carbonyl (C=O) groups is 2. The fraction of sp³-hybridized carbons (Fsp3) is 0.333. The molecule has 0 bridgehead atoms. The maximum Gasteiger partial charge on any atom is 0.255 e. The van der Waals surface area contributed by atoms with Crippen molar-refractivity contribution in [3.8, 4) is 0 Å². The van der Waals surface area contributed by atoms with E-state index in [1.54, 1.807) is 46.7 Å². The Balaban J connectivity index is 1.52. The second-order valence-corrected chi connectivity index (χ2v) is 6.42. The van der Waals surface area contributed by atoms with Crippen molar-refractivity contribution < 1.29 is 9.59 Å². The van der Waals surface area contributed by atoms with Crippen molar-refractivity contribution >= 4 is 17.5 Å². The number of amides is 2. The van der Waals surface area contributed by atoms with Gasteiger partial charge in [0.05, 0.1) is 22.9 Å². The van der Waals surface area contributed by atoms with Crippen molar-refractivity contribution in [1.82, 2.24) is 14.9 Å². The summed E-state index contributed by atoms with van der Waals surface area (Å²) in [6, 6.07) is 7.25. The molecule has 2 aromatic heterocycles. The molecule has 24 heavy (non-hydrogen) atoms. The van der Waals surface area contributed by atoms with Gasteiger partial charge in [-0.1, -0.05) is 0 Å². The van der Waals surface area contributed by atoms with Gasteiger partial charge in [-0.25, -0.2) is 0 Å². The Morgan fingerprint density at radius 2 is 1.79 bits per heavy atom. The van der Waals surface area contributed by atoms with E-state index in [-0.39, 0.29) is 11.8 Å². The Morgan fingerprint density at radius 3 is 2.50 bits per heavy atom. The van der Waals surface area contributed by atoms with Crippen LogP contribution in [0.25, 0.3) is 0 Å². The Morgan fingerprint density at radius 1 is 1.04 bits per heavy atom. The van der Waals surface area contributed by atoms with Gasteiger partial charge in [0.25, 0.3) is 5.91 Å². The number of carbonyl (C=O) groups excluding carboxylic acids is 2. The predicted octanol–water partition coefficient (Wildman–Crippen LogP) is 1.75. The third-order valence-electron chi connectivity index (χ3n) is 5.02. The first-order chi connectivity index (χ1) is 11.7. The zero-order chi connectivity index (χ0) is 16.6. The zero-order valence-electron chi connectivity index (χ0n) is 13.3. The van der Waals surface area contributed by atoms with E-state index in [1.807, 2.05) is 12.1 Å². The lowest BCUT2D eigenvalue weighted by molar-refractivity contribution is -0.124. The summed E-state index contributed by atoms with van der Waals surface area (Å²) in [4.78, 5) is 37.3. The molecule has 2 amide bonds. The summed E-state index contributed by atoms with van der Waals surface area (Å²) in [6.07, 6.45) is 8.13. The number of aromatic nitrogens is 2. The Bertz CT molecular complexity index is 765. The lowest BCUT2D eigenvalue weighted by Crippen LogP contribution is -2.38. The van der Waals surface area contributed by atoms with Gasteiger partial charge in [-0.05, 0) is 37.1 Å². The molecule has 2 aliphatic heterocycles. The maximum atomic E-state index is 13.0. The highest BCUT2D eigenvalue weighted by molar-refractivity contribution is 6.01. The molecule has 122 valence electrons. The third-order valence-corrected chi connectivity index (χ3v) is 5.02. The molecule has 2 aliphatic rings. The number of hydrogen-bond donors (Lipinski definition) is 0. The van der Waals surface area contributed by atoms with E-state index in [1.165, 1.54) is 0 Å². The van der Waals surface area contributed by atoms with E-state index in [4.69, 9.17) is 0 Å². The van der Waals surface area contributed by atoms with Crippen LogP contribution >= 0.6 is 0 Å². The van der Waals surface area contributed by atoms with Crippen LogP contribution in [0.15, 0.2) is 49.1 Å². The van der Waals surface area contributed by atoms with E-state index >= 15 is 0 Å². The van der Waals surface area contributed by atoms with Gasteiger partial charge in [-0.15, -0.1) is 0 Å². The van der Waals surface area contributed by atoms with Gasteiger partial charge in [0, 0.05) is 38.2 Å². The second kappa shape index (κ2) is 5.70. The molecule has 4 rings (SSSR count). The highest BCUT2D eigenvalue weighted by Gasteiger charge is 2.52. The zero-order valence-corrected chi connectivity index (χ0v) is 13.3. The predicted molar refractivity (Wildman–Crippen MR) is 88.4 cm³/mol. The summed E-state index contributed by atoms with van der Waals surface area (Å²) in [7, 11) is 0. The topological polar surface area (TPSA) is 66.4 Å². The molecule has 0 aromatic carbocycles. The van der Waals surface area contributed by atoms with Crippen molar-refractivity contribution in [2.24, 2.45) is 5.41 Å². The number of likely N-dealkylation sites (tertiary alicyclic amines) is 1. The van der Waals surface area contributed by atoms with Crippen LogP contribution in [-0.2, 0) is 4.79 Å². The fourth-order valence-corrected chi connectivity index (χ4v) is 3.68. The van der Waals surface area contributed by atoms with Gasteiger partial charge < -0.3 is 9.80 Å². The molecule has 0 aliphatic carbocycles. The highest BCUT2D eigenvalue weighted by Crippen LogP contribution is 2.42. The normalized spacial score (nSPS) is 23.2. The van der Waals surface area contributed by atoms with Crippen LogP contribution in [0.2, 0.25) is 0 Å². The minimum Gasteiger partial charge on any atom is -0.337 e. The van der Waals surface area contributed by atoms with E-state index < -0.39 is 5.41 Å². The lowest BCUT2D eigenvalue weighted by atomic mass is 9.85. The highest BCUT2D eigenvalue weighted by atomic mass is 16.2. The number of rotatable bonds is 2. The van der Waals surface area contributed by atoms with Gasteiger partial charge in [-0.2, -0.15) is 0 Å². The molecule has 0 radical (unpaired) electrons. The second-order valence-electron chi connectivity index (χ2n) is 6.42. The standard InChI is InChI=1S/C18H18N4O2/c23-16(14-3-1-7-19-11-14)21-9-5-18(13-21)6-10-22(17(18)24)15-4-2-8-20-12-15/h1-4,7-8,11-12H,5-6,9-10,13H2/t18-/m1/s1. The Kier molecular flexibility index (Phi) is 3.52. The molecule has 0 saturated carbocycles. The molecule has 0 N–H and O–H groups in total. The molecule has 6 heteroatoms. The SMILES string of the molecule is O=C(c1cccnc1)N1CC[C@@]2(CCN(c3cccnc3)C2=O)C1. The molecule has 6 nitrogen and oxygen atoms in total. The quantitative estimate of drug-likeness (QED) is 0.845. The Hall–Kier alpha value is -2.76. The van der Waals surface area contributed by atoms with Gasteiger partial charge in [0.2, 0.25) is 5.91 Å². The van der Waals surface area contributed by atoms with Crippen LogP contribution in [0.3, 0.4) is 0 Å². The first-order valence-corrected chi connectivity index (χ1v) is 8.11. The van der Waals surface area contributed by atoms with E-state index in [2.05, 4.69) is 9.97 Å². The van der Waals surface area contributed by atoms with Gasteiger partial charge in [-0.3, -0.25) is 19.6 Å². The number of hydrogen-bond acceptors (Lipinski definition) is 4. The van der Waals surface area contributed by atoms with Crippen LogP contribution in [0.5, 0.6) is 0 Å². The summed E-state index contributed by atoms with van der Waals surface area (Å²) >= 11 is 0. The minimum atomic E-state index is -0.451. The first-order valence-electron chi connectivity index (χ1n) is 8.11. The number of anilines is 1. The maximum absolute atomic E-state index is 13.0. The smallest absolute Gasteiger partial charge is 0.255 e. The molecule has 2 saturated heterocycles. The summed E-state index contributed by atoms with van der Waals surface area (Å²) in [6.45, 7) is 1.77. The molecule has 2 aromatic rings. The third kappa shape index (κ3) is 2.35. The largest absolute Gasteiger partial charge is 0.337 e. The van der Waals surface area contributed by atoms with E-state index in [9.17, 15) is 9.59 Å². The summed E-state index contributed by atoms with van der Waals surface area (Å²) < 4.78 is 0. The average Bonchev–Trinajstić information content (AvgIpc) is 3.21. The number of pyridine rings is 2. The number of nitrogens with zero attached hydrogens (tertiary/aromatic N) is 4. The molecule has 1 atom stereocenters. The van der Waals surface area contributed by atoms with Gasteiger partial charge in [0.1, 0.15) is 0 Å². The van der Waals surface area contributed by atoms with Crippen molar-refractivity contribution in [2.45, 2.75) is 12.8 Å². The molecule has 1 spiro atoms. The average molecular weight is 322 g/mol. The van der Waals surface area contributed by atoms with Gasteiger partial charge >= 0.3 is 0 Å². The fourth-order valence-electron chi connectivity index (χ4n) is 3.68.